The van der Waals surface area contributed by atoms with E-state index in [1.165, 1.54) is 6.33 Å². The number of anilines is 1. The van der Waals surface area contributed by atoms with Gasteiger partial charge in [-0.1, -0.05) is 13.8 Å². The van der Waals surface area contributed by atoms with E-state index < -0.39 is 6.04 Å². The van der Waals surface area contributed by atoms with Crippen molar-refractivity contribution in [3.63, 3.8) is 0 Å². The van der Waals surface area contributed by atoms with Crippen molar-refractivity contribution < 1.29 is 9.53 Å². The molecule has 0 aliphatic carbocycles. The monoisotopic (exact) mass is 466 g/mol. The first kappa shape index (κ1) is 24.0. The highest BCUT2D eigenvalue weighted by Gasteiger charge is 2.32. The van der Waals surface area contributed by atoms with E-state index in [4.69, 9.17) is 9.72 Å². The van der Waals surface area contributed by atoms with Gasteiger partial charge in [0.15, 0.2) is 17.0 Å². The number of aryl methyl sites for hydroxylation is 2. The van der Waals surface area contributed by atoms with E-state index in [9.17, 15) is 4.79 Å². The SMILES string of the molecule is CCn1c(-c2cnc(C)nc2)nc2c(N[C@H](CC(C)C)C(=O)N3CC(C)OC(C)C3)ncnc21. The van der Waals surface area contributed by atoms with Crippen LogP contribution in [0.4, 0.5) is 5.82 Å². The Morgan fingerprint density at radius 3 is 2.44 bits per heavy atom. The maximum Gasteiger partial charge on any atom is 0.245 e. The van der Waals surface area contributed by atoms with Gasteiger partial charge in [-0.3, -0.25) is 4.79 Å². The summed E-state index contributed by atoms with van der Waals surface area (Å²) in [6, 6.07) is -0.423. The lowest BCUT2D eigenvalue weighted by Crippen LogP contribution is -2.53. The van der Waals surface area contributed by atoms with Crippen molar-refractivity contribution >= 4 is 22.9 Å². The fraction of sp³-hybridized carbons (Fsp3) is 0.583. The average molecular weight is 467 g/mol. The van der Waals surface area contributed by atoms with Crippen molar-refractivity contribution in [2.45, 2.75) is 72.8 Å². The van der Waals surface area contributed by atoms with Gasteiger partial charge in [-0.15, -0.1) is 0 Å². The van der Waals surface area contributed by atoms with E-state index in [1.54, 1.807) is 12.4 Å². The third-order valence-electron chi connectivity index (χ3n) is 5.93. The second kappa shape index (κ2) is 10.0. The van der Waals surface area contributed by atoms with E-state index >= 15 is 0 Å². The number of carbonyl (C=O) groups is 1. The summed E-state index contributed by atoms with van der Waals surface area (Å²) in [4.78, 5) is 37.9. The molecule has 34 heavy (non-hydrogen) atoms. The highest BCUT2D eigenvalue weighted by atomic mass is 16.5. The first-order chi connectivity index (χ1) is 16.3. The number of morpholine rings is 1. The smallest absolute Gasteiger partial charge is 0.245 e. The summed E-state index contributed by atoms with van der Waals surface area (Å²) in [5.41, 5.74) is 2.15. The number of fused-ring (bicyclic) bond motifs is 1. The van der Waals surface area contributed by atoms with E-state index in [0.29, 0.717) is 54.8 Å². The molecule has 0 aromatic carbocycles. The van der Waals surface area contributed by atoms with Crippen LogP contribution in [0.1, 0.15) is 46.9 Å². The maximum atomic E-state index is 13.6. The molecular weight excluding hydrogens is 432 g/mol. The molecule has 10 heteroatoms. The van der Waals surface area contributed by atoms with Gasteiger partial charge in [0.2, 0.25) is 5.91 Å². The number of rotatable bonds is 7. The fourth-order valence-corrected chi connectivity index (χ4v) is 4.51. The molecule has 1 saturated heterocycles. The van der Waals surface area contributed by atoms with Crippen molar-refractivity contribution in [2.24, 2.45) is 5.92 Å². The van der Waals surface area contributed by atoms with Crippen molar-refractivity contribution in [1.82, 2.24) is 34.4 Å². The van der Waals surface area contributed by atoms with Gasteiger partial charge < -0.3 is 19.5 Å². The van der Waals surface area contributed by atoms with Gasteiger partial charge in [-0.2, -0.15) is 0 Å². The van der Waals surface area contributed by atoms with Crippen LogP contribution in [-0.2, 0) is 16.1 Å². The summed E-state index contributed by atoms with van der Waals surface area (Å²) in [7, 11) is 0. The van der Waals surface area contributed by atoms with Crippen molar-refractivity contribution in [1.29, 1.82) is 0 Å². The molecule has 10 nitrogen and oxygen atoms in total. The molecule has 1 amide bonds. The summed E-state index contributed by atoms with van der Waals surface area (Å²) in [5.74, 6) is 2.36. The number of aromatic nitrogens is 6. The van der Waals surface area contributed by atoms with Crippen LogP contribution in [0.15, 0.2) is 18.7 Å². The van der Waals surface area contributed by atoms with E-state index in [0.717, 1.165) is 11.4 Å². The van der Waals surface area contributed by atoms with Crippen LogP contribution < -0.4 is 5.32 Å². The van der Waals surface area contributed by atoms with E-state index in [1.807, 2.05) is 37.2 Å². The molecule has 2 unspecified atom stereocenters. The van der Waals surface area contributed by atoms with Crippen LogP contribution in [0.2, 0.25) is 0 Å². The van der Waals surface area contributed by atoms with Crippen LogP contribution in [0, 0.1) is 12.8 Å². The highest BCUT2D eigenvalue weighted by molar-refractivity contribution is 5.90. The minimum atomic E-state index is -0.423. The Morgan fingerprint density at radius 1 is 1.15 bits per heavy atom. The summed E-state index contributed by atoms with van der Waals surface area (Å²) >= 11 is 0. The fourth-order valence-electron chi connectivity index (χ4n) is 4.51. The zero-order valence-electron chi connectivity index (χ0n) is 20.8. The molecule has 0 radical (unpaired) electrons. The molecule has 3 atom stereocenters. The Morgan fingerprint density at radius 2 is 1.82 bits per heavy atom. The predicted molar refractivity (Wildman–Crippen MR) is 130 cm³/mol. The molecule has 3 aromatic rings. The molecular formula is C24H34N8O2. The molecule has 4 rings (SSSR count). The molecule has 0 bridgehead atoms. The van der Waals surface area contributed by atoms with Gasteiger partial charge in [0, 0.05) is 32.0 Å². The van der Waals surface area contributed by atoms with Gasteiger partial charge in [0.1, 0.15) is 24.0 Å². The molecule has 0 spiro atoms. The van der Waals surface area contributed by atoms with Gasteiger partial charge in [-0.25, -0.2) is 24.9 Å². The van der Waals surface area contributed by atoms with Crippen molar-refractivity contribution in [3.05, 3.63) is 24.5 Å². The number of carbonyl (C=O) groups excluding carboxylic acids is 1. The zero-order chi connectivity index (χ0) is 24.4. The molecule has 1 aliphatic rings. The second-order valence-electron chi connectivity index (χ2n) is 9.42. The number of imidazole rings is 1. The first-order valence-corrected chi connectivity index (χ1v) is 12.0. The summed E-state index contributed by atoms with van der Waals surface area (Å²) in [6.45, 7) is 14.0. The molecule has 1 N–H and O–H groups in total. The maximum absolute atomic E-state index is 13.6. The van der Waals surface area contributed by atoms with E-state index in [2.05, 4.69) is 39.1 Å². The topological polar surface area (TPSA) is 111 Å². The number of nitrogens with zero attached hydrogens (tertiary/aromatic N) is 7. The number of nitrogens with one attached hydrogen (secondary N) is 1. The number of hydrogen-bond acceptors (Lipinski definition) is 8. The molecule has 0 saturated carbocycles. The van der Waals surface area contributed by atoms with E-state index in [-0.39, 0.29) is 18.1 Å². The minimum Gasteiger partial charge on any atom is -0.372 e. The minimum absolute atomic E-state index is 0.0118. The Hall–Kier alpha value is -3.14. The van der Waals surface area contributed by atoms with Crippen LogP contribution in [0.3, 0.4) is 0 Å². The molecule has 3 aromatic heterocycles. The summed E-state index contributed by atoms with van der Waals surface area (Å²) in [6.07, 6.45) is 5.75. The molecule has 1 fully saturated rings. The van der Waals surface area contributed by atoms with Crippen LogP contribution in [-0.4, -0.2) is 71.6 Å². The lowest BCUT2D eigenvalue weighted by Gasteiger charge is -2.37. The standard InChI is InChI=1S/C24H34N8O2/c1-7-32-22(18-9-25-17(6)26-10-18)30-20-21(27-13-28-23(20)32)29-19(8-14(2)3)24(33)31-11-15(4)34-16(5)12-31/h9-10,13-16,19H,7-8,11-12H2,1-6H3,(H,27,28,29)/t15?,16?,19-/m1/s1. The summed E-state index contributed by atoms with van der Waals surface area (Å²) < 4.78 is 7.84. The second-order valence-corrected chi connectivity index (χ2v) is 9.42. The Kier molecular flexibility index (Phi) is 7.06. The van der Waals surface area contributed by atoms with Gasteiger partial charge >= 0.3 is 0 Å². The summed E-state index contributed by atoms with van der Waals surface area (Å²) in [5, 5.41) is 3.42. The molecule has 182 valence electrons. The Labute approximate surface area is 200 Å². The zero-order valence-corrected chi connectivity index (χ0v) is 20.8. The first-order valence-electron chi connectivity index (χ1n) is 12.0. The Bertz CT molecular complexity index is 1130. The number of ether oxygens (including phenoxy) is 1. The molecule has 4 heterocycles. The van der Waals surface area contributed by atoms with Crippen LogP contribution in [0.5, 0.6) is 0 Å². The normalized spacial score (nSPS) is 19.6. The molecule has 1 aliphatic heterocycles. The van der Waals surface area contributed by atoms with Crippen LogP contribution in [0.25, 0.3) is 22.6 Å². The average Bonchev–Trinajstić information content (AvgIpc) is 3.17. The largest absolute Gasteiger partial charge is 0.372 e. The Balaban J connectivity index is 1.69. The highest BCUT2D eigenvalue weighted by Crippen LogP contribution is 2.27. The number of hydrogen-bond donors (Lipinski definition) is 1. The predicted octanol–water partition coefficient (Wildman–Crippen LogP) is 3.07. The van der Waals surface area contributed by atoms with Crippen LogP contribution >= 0.6 is 0 Å². The van der Waals surface area contributed by atoms with Gasteiger partial charge in [-0.05, 0) is 40.0 Å². The quantitative estimate of drug-likeness (QED) is 0.566. The lowest BCUT2D eigenvalue weighted by atomic mass is 10.0. The third kappa shape index (κ3) is 5.01. The van der Waals surface area contributed by atoms with Crippen molar-refractivity contribution in [2.75, 3.05) is 18.4 Å². The van der Waals surface area contributed by atoms with Gasteiger partial charge in [0.25, 0.3) is 0 Å². The van der Waals surface area contributed by atoms with Gasteiger partial charge in [0.05, 0.1) is 17.8 Å². The third-order valence-corrected chi connectivity index (χ3v) is 5.93. The number of amides is 1. The lowest BCUT2D eigenvalue weighted by molar-refractivity contribution is -0.144. The van der Waals surface area contributed by atoms with Crippen molar-refractivity contribution in [3.8, 4) is 11.4 Å².